The summed E-state index contributed by atoms with van der Waals surface area (Å²) in [5.74, 6) is 1.99. The maximum absolute atomic E-state index is 12.9. The topological polar surface area (TPSA) is 78.5 Å². The van der Waals surface area contributed by atoms with Crippen molar-refractivity contribution in [2.75, 3.05) is 19.5 Å². The summed E-state index contributed by atoms with van der Waals surface area (Å²) in [4.78, 5) is 12.9. The highest BCUT2D eigenvalue weighted by molar-refractivity contribution is 6.04. The number of aromatic nitrogens is 2. The number of aryl methyl sites for hydroxylation is 3. The summed E-state index contributed by atoms with van der Waals surface area (Å²) in [6.45, 7) is 4.78. The van der Waals surface area contributed by atoms with Crippen molar-refractivity contribution in [3.8, 4) is 22.8 Å². The molecule has 2 heterocycles. The van der Waals surface area contributed by atoms with Crippen LogP contribution in [0.2, 0.25) is 0 Å². The van der Waals surface area contributed by atoms with Crippen molar-refractivity contribution in [1.29, 1.82) is 0 Å². The number of rotatable bonds is 5. The number of methoxy groups -OCH3 is 2. The molecule has 1 aliphatic rings. The summed E-state index contributed by atoms with van der Waals surface area (Å²) in [7, 11) is 3.13. The minimum Gasteiger partial charge on any atom is -0.493 e. The number of anilines is 1. The first-order valence-electron chi connectivity index (χ1n) is 9.28. The van der Waals surface area contributed by atoms with Gasteiger partial charge in [0.2, 0.25) is 0 Å². The molecule has 0 spiro atoms. The van der Waals surface area contributed by atoms with Gasteiger partial charge in [-0.25, -0.2) is 0 Å². The van der Waals surface area contributed by atoms with Crippen molar-refractivity contribution in [2.45, 2.75) is 33.2 Å². The quantitative estimate of drug-likeness (QED) is 0.726. The fraction of sp³-hybridized carbons (Fsp3) is 0.333. The Kier molecular flexibility index (Phi) is 4.58. The third-order valence-electron chi connectivity index (χ3n) is 5.09. The van der Waals surface area contributed by atoms with Gasteiger partial charge in [-0.05, 0) is 38.0 Å². The van der Waals surface area contributed by atoms with Gasteiger partial charge in [0.1, 0.15) is 5.76 Å². The molecule has 0 unspecified atom stereocenters. The molecule has 0 bridgehead atoms. The van der Waals surface area contributed by atoms with E-state index in [1.807, 2.05) is 11.6 Å². The number of amides is 1. The lowest BCUT2D eigenvalue weighted by atomic mass is 9.93. The molecular weight excluding hydrogens is 358 g/mol. The van der Waals surface area contributed by atoms with E-state index in [2.05, 4.69) is 23.5 Å². The van der Waals surface area contributed by atoms with Crippen molar-refractivity contribution in [3.63, 3.8) is 0 Å². The van der Waals surface area contributed by atoms with Crippen LogP contribution in [0, 0.1) is 6.92 Å². The average Bonchev–Trinajstić information content (AvgIpc) is 3.28. The van der Waals surface area contributed by atoms with Crippen molar-refractivity contribution in [3.05, 3.63) is 47.0 Å². The SMILES string of the molecule is CCn1cc2c(n1)-c1c(oc(C(=O)Nc3ccc(OC)c(OC)c3)c1C)CC2. The summed E-state index contributed by atoms with van der Waals surface area (Å²) in [6.07, 6.45) is 3.71. The van der Waals surface area contributed by atoms with Gasteiger partial charge in [0.25, 0.3) is 5.91 Å². The predicted octanol–water partition coefficient (Wildman–Crippen LogP) is 3.84. The number of fused-ring (bicyclic) bond motifs is 3. The van der Waals surface area contributed by atoms with Crippen LogP contribution in [-0.4, -0.2) is 29.9 Å². The molecule has 1 amide bonds. The minimum absolute atomic E-state index is 0.296. The highest BCUT2D eigenvalue weighted by Crippen LogP contribution is 2.38. The standard InChI is InChI=1S/C21H23N3O4/c1-5-24-11-13-6-8-16-18(19(13)23-24)12(2)20(28-16)21(25)22-14-7-9-15(26-3)17(10-14)27-4/h7,9-11H,5-6,8H2,1-4H3,(H,22,25). The molecule has 146 valence electrons. The van der Waals surface area contributed by atoms with E-state index in [0.29, 0.717) is 22.9 Å². The Morgan fingerprint density at radius 1 is 1.25 bits per heavy atom. The third kappa shape index (κ3) is 2.93. The molecule has 0 saturated heterocycles. The first-order chi connectivity index (χ1) is 13.5. The van der Waals surface area contributed by atoms with E-state index < -0.39 is 0 Å². The zero-order valence-corrected chi connectivity index (χ0v) is 16.5. The van der Waals surface area contributed by atoms with E-state index in [9.17, 15) is 4.79 Å². The lowest BCUT2D eigenvalue weighted by Crippen LogP contribution is -2.12. The highest BCUT2D eigenvalue weighted by Gasteiger charge is 2.29. The van der Waals surface area contributed by atoms with E-state index in [-0.39, 0.29) is 5.91 Å². The molecule has 1 aromatic carbocycles. The van der Waals surface area contributed by atoms with Gasteiger partial charge >= 0.3 is 0 Å². The van der Waals surface area contributed by atoms with Crippen LogP contribution in [0.25, 0.3) is 11.3 Å². The molecule has 0 saturated carbocycles. The van der Waals surface area contributed by atoms with Gasteiger partial charge in [0.15, 0.2) is 17.3 Å². The molecule has 0 radical (unpaired) electrons. The molecule has 7 nitrogen and oxygen atoms in total. The molecule has 1 aliphatic carbocycles. The first kappa shape index (κ1) is 18.2. The maximum Gasteiger partial charge on any atom is 0.291 e. The van der Waals surface area contributed by atoms with Crippen molar-refractivity contribution >= 4 is 11.6 Å². The molecule has 28 heavy (non-hydrogen) atoms. The fourth-order valence-electron chi connectivity index (χ4n) is 3.64. The summed E-state index contributed by atoms with van der Waals surface area (Å²) in [6, 6.07) is 5.23. The molecule has 3 aromatic rings. The molecule has 0 atom stereocenters. The summed E-state index contributed by atoms with van der Waals surface area (Å²) >= 11 is 0. The molecule has 0 fully saturated rings. The van der Waals surface area contributed by atoms with Gasteiger partial charge in [-0.1, -0.05) is 0 Å². The Hall–Kier alpha value is -3.22. The summed E-state index contributed by atoms with van der Waals surface area (Å²) in [5, 5.41) is 7.55. The number of nitrogens with zero attached hydrogens (tertiary/aromatic N) is 2. The van der Waals surface area contributed by atoms with Gasteiger partial charge in [-0.3, -0.25) is 9.48 Å². The maximum atomic E-state index is 12.9. The second-order valence-electron chi connectivity index (χ2n) is 6.74. The van der Waals surface area contributed by atoms with Crippen LogP contribution < -0.4 is 14.8 Å². The van der Waals surface area contributed by atoms with E-state index >= 15 is 0 Å². The Morgan fingerprint density at radius 3 is 2.75 bits per heavy atom. The zero-order valence-electron chi connectivity index (χ0n) is 16.5. The summed E-state index contributed by atoms with van der Waals surface area (Å²) < 4.78 is 18.4. The van der Waals surface area contributed by atoms with Crippen LogP contribution in [0.3, 0.4) is 0 Å². The van der Waals surface area contributed by atoms with Crippen LogP contribution in [0.4, 0.5) is 5.69 Å². The molecular formula is C21H23N3O4. The Bertz CT molecular complexity index is 1050. The number of hydrogen-bond acceptors (Lipinski definition) is 5. The number of furan rings is 1. The van der Waals surface area contributed by atoms with Crippen molar-refractivity contribution in [1.82, 2.24) is 9.78 Å². The van der Waals surface area contributed by atoms with Gasteiger partial charge in [-0.2, -0.15) is 5.10 Å². The number of benzene rings is 1. The lowest BCUT2D eigenvalue weighted by Gasteiger charge is -2.10. The Morgan fingerprint density at radius 2 is 2.04 bits per heavy atom. The monoisotopic (exact) mass is 381 g/mol. The average molecular weight is 381 g/mol. The van der Waals surface area contributed by atoms with Crippen LogP contribution in [-0.2, 0) is 19.4 Å². The fourth-order valence-corrected chi connectivity index (χ4v) is 3.64. The van der Waals surface area contributed by atoms with Crippen LogP contribution in [0.1, 0.15) is 34.4 Å². The number of carbonyl (C=O) groups is 1. The lowest BCUT2D eigenvalue weighted by molar-refractivity contribution is 0.0994. The van der Waals surface area contributed by atoms with E-state index in [1.54, 1.807) is 32.4 Å². The predicted molar refractivity (Wildman–Crippen MR) is 105 cm³/mol. The van der Waals surface area contributed by atoms with Gasteiger partial charge in [0, 0.05) is 42.0 Å². The van der Waals surface area contributed by atoms with Crippen molar-refractivity contribution in [2.24, 2.45) is 0 Å². The second-order valence-corrected chi connectivity index (χ2v) is 6.74. The summed E-state index contributed by atoms with van der Waals surface area (Å²) in [5.41, 5.74) is 4.49. The van der Waals surface area contributed by atoms with Gasteiger partial charge in [0.05, 0.1) is 19.9 Å². The zero-order chi connectivity index (χ0) is 19.8. The first-order valence-corrected chi connectivity index (χ1v) is 9.28. The molecule has 0 aliphatic heterocycles. The van der Waals surface area contributed by atoms with Gasteiger partial charge < -0.3 is 19.2 Å². The highest BCUT2D eigenvalue weighted by atomic mass is 16.5. The minimum atomic E-state index is -0.296. The van der Waals surface area contributed by atoms with E-state index in [0.717, 1.165) is 42.0 Å². The number of hydrogen-bond donors (Lipinski definition) is 1. The number of ether oxygens (including phenoxy) is 2. The Balaban J connectivity index is 1.65. The number of nitrogens with one attached hydrogen (secondary N) is 1. The number of carbonyl (C=O) groups excluding carboxylic acids is 1. The van der Waals surface area contributed by atoms with Crippen LogP contribution in [0.15, 0.2) is 28.8 Å². The van der Waals surface area contributed by atoms with Crippen LogP contribution in [0.5, 0.6) is 11.5 Å². The van der Waals surface area contributed by atoms with Gasteiger partial charge in [-0.15, -0.1) is 0 Å². The Labute approximate surface area is 163 Å². The smallest absolute Gasteiger partial charge is 0.291 e. The second kappa shape index (κ2) is 7.07. The normalized spacial score (nSPS) is 12.3. The van der Waals surface area contributed by atoms with E-state index in [1.165, 1.54) is 5.56 Å². The molecule has 2 aromatic heterocycles. The van der Waals surface area contributed by atoms with E-state index in [4.69, 9.17) is 13.9 Å². The molecule has 4 rings (SSSR count). The molecule has 7 heteroatoms. The molecule has 1 N–H and O–H groups in total. The third-order valence-corrected chi connectivity index (χ3v) is 5.09. The van der Waals surface area contributed by atoms with Crippen molar-refractivity contribution < 1.29 is 18.7 Å². The largest absolute Gasteiger partial charge is 0.493 e. The van der Waals surface area contributed by atoms with Crippen LogP contribution >= 0.6 is 0 Å².